The fourth-order valence-electron chi connectivity index (χ4n) is 4.26. The molecule has 3 rings (SSSR count). The zero-order chi connectivity index (χ0) is 27.9. The molecule has 0 fully saturated rings. The molecule has 0 saturated carbocycles. The Balaban J connectivity index is 1.97. The molecule has 8 nitrogen and oxygen atoms in total. The van der Waals surface area contributed by atoms with E-state index in [1.54, 1.807) is 48.5 Å². The molecule has 3 amide bonds. The minimum absolute atomic E-state index is 0.186. The molecule has 0 radical (unpaired) electrons. The summed E-state index contributed by atoms with van der Waals surface area (Å²) in [5.74, 6) is -5.22. The van der Waals surface area contributed by atoms with Gasteiger partial charge in [-0.1, -0.05) is 30.3 Å². The van der Waals surface area contributed by atoms with Gasteiger partial charge < -0.3 is 21.1 Å². The van der Waals surface area contributed by atoms with E-state index < -0.39 is 61.4 Å². The second-order valence-electron chi connectivity index (χ2n) is 8.76. The first-order chi connectivity index (χ1) is 18.0. The lowest BCUT2D eigenvalue weighted by Crippen LogP contribution is -2.48. The van der Waals surface area contributed by atoms with Crippen LogP contribution in [0.1, 0.15) is 36.8 Å². The molecule has 2 aromatic rings. The van der Waals surface area contributed by atoms with Crippen LogP contribution < -0.4 is 21.1 Å². The standard InChI is InChI=1S/C26H28F4N4O4/c1-38-16-9-10-19-20(14-16)32-25(37)23(33-21(19)15-6-3-2-4-7-15)34-24(36)18(8-5-13-27)17(22(31)35)11-12-26(28,29)30/h2-4,6-7,9-10,14,17-18,23H,5,8,11-13H2,1H3,(H2,31,35)(H,32,37)(H,34,36)/t17-,18+,23-/m1/s1. The van der Waals surface area contributed by atoms with E-state index in [9.17, 15) is 31.9 Å². The first-order valence-electron chi connectivity index (χ1n) is 11.9. The molecule has 0 spiro atoms. The van der Waals surface area contributed by atoms with Crippen LogP contribution in [0.4, 0.5) is 23.2 Å². The minimum atomic E-state index is -4.59. The van der Waals surface area contributed by atoms with Gasteiger partial charge >= 0.3 is 6.18 Å². The van der Waals surface area contributed by atoms with E-state index in [2.05, 4.69) is 15.6 Å². The summed E-state index contributed by atoms with van der Waals surface area (Å²) in [4.78, 5) is 42.9. The van der Waals surface area contributed by atoms with E-state index in [-0.39, 0.29) is 12.8 Å². The predicted octanol–water partition coefficient (Wildman–Crippen LogP) is 3.74. The number of hydrogen-bond donors (Lipinski definition) is 3. The molecule has 0 unspecified atom stereocenters. The highest BCUT2D eigenvalue weighted by Crippen LogP contribution is 2.31. The molecular weight excluding hydrogens is 508 g/mol. The van der Waals surface area contributed by atoms with Crippen molar-refractivity contribution in [3.05, 3.63) is 59.7 Å². The lowest BCUT2D eigenvalue weighted by atomic mass is 9.83. The van der Waals surface area contributed by atoms with Crippen molar-refractivity contribution in [3.63, 3.8) is 0 Å². The fourth-order valence-corrected chi connectivity index (χ4v) is 4.26. The number of aliphatic imine (C=N–C) groups is 1. The maximum Gasteiger partial charge on any atom is 0.389 e. The number of fused-ring (bicyclic) bond motifs is 1. The van der Waals surface area contributed by atoms with Gasteiger partial charge in [0.2, 0.25) is 18.0 Å². The number of hydrogen-bond acceptors (Lipinski definition) is 5. The first-order valence-corrected chi connectivity index (χ1v) is 11.9. The number of methoxy groups -OCH3 is 1. The van der Waals surface area contributed by atoms with Crippen molar-refractivity contribution in [1.29, 1.82) is 0 Å². The zero-order valence-corrected chi connectivity index (χ0v) is 20.6. The number of nitrogens with one attached hydrogen (secondary N) is 2. The Kier molecular flexibility index (Phi) is 9.43. The lowest BCUT2D eigenvalue weighted by Gasteiger charge is -2.25. The summed E-state index contributed by atoms with van der Waals surface area (Å²) in [6.07, 6.45) is -8.61. The summed E-state index contributed by atoms with van der Waals surface area (Å²) in [5.41, 5.74) is 7.23. The van der Waals surface area contributed by atoms with Crippen LogP contribution in [0.3, 0.4) is 0 Å². The maximum absolute atomic E-state index is 13.3. The molecule has 0 bridgehead atoms. The van der Waals surface area contributed by atoms with Gasteiger partial charge in [0.15, 0.2) is 0 Å². The van der Waals surface area contributed by atoms with Crippen LogP contribution in [0, 0.1) is 11.8 Å². The molecule has 1 aliphatic rings. The molecule has 38 heavy (non-hydrogen) atoms. The highest BCUT2D eigenvalue weighted by Gasteiger charge is 2.38. The number of halogens is 4. The van der Waals surface area contributed by atoms with Crippen molar-refractivity contribution in [3.8, 4) is 5.75 Å². The smallest absolute Gasteiger partial charge is 0.389 e. The number of amides is 3. The van der Waals surface area contributed by atoms with Crippen LogP contribution in [0.25, 0.3) is 0 Å². The van der Waals surface area contributed by atoms with E-state index in [4.69, 9.17) is 10.5 Å². The molecule has 3 atom stereocenters. The number of primary amides is 1. The molecular formula is C26H28F4N4O4. The quantitative estimate of drug-likeness (QED) is 0.379. The molecule has 0 aromatic heterocycles. The van der Waals surface area contributed by atoms with Gasteiger partial charge in [-0.15, -0.1) is 0 Å². The van der Waals surface area contributed by atoms with Gasteiger partial charge in [-0.25, -0.2) is 4.99 Å². The van der Waals surface area contributed by atoms with E-state index in [1.165, 1.54) is 7.11 Å². The monoisotopic (exact) mass is 536 g/mol. The summed E-state index contributed by atoms with van der Waals surface area (Å²) in [7, 11) is 1.46. The third kappa shape index (κ3) is 7.30. The van der Waals surface area contributed by atoms with Crippen LogP contribution in [0.2, 0.25) is 0 Å². The predicted molar refractivity (Wildman–Crippen MR) is 132 cm³/mol. The number of anilines is 1. The number of nitrogens with two attached hydrogens (primary N) is 1. The average Bonchev–Trinajstić information content (AvgIpc) is 3.01. The lowest BCUT2D eigenvalue weighted by molar-refractivity contribution is -0.146. The van der Waals surface area contributed by atoms with Gasteiger partial charge in [0.05, 0.1) is 25.2 Å². The number of benzene rings is 2. The van der Waals surface area contributed by atoms with Crippen LogP contribution in [0.15, 0.2) is 53.5 Å². The first kappa shape index (κ1) is 28.6. The Morgan fingerprint density at radius 3 is 2.45 bits per heavy atom. The van der Waals surface area contributed by atoms with Crippen LogP contribution >= 0.6 is 0 Å². The number of benzodiazepines with no additional fused rings is 1. The Bertz CT molecular complexity index is 1190. The topological polar surface area (TPSA) is 123 Å². The Hall–Kier alpha value is -3.96. The number of carbonyl (C=O) groups excluding carboxylic acids is 3. The fraction of sp³-hybridized carbons (Fsp3) is 0.385. The van der Waals surface area contributed by atoms with E-state index in [0.717, 1.165) is 0 Å². The maximum atomic E-state index is 13.3. The van der Waals surface area contributed by atoms with Crippen LogP contribution in [0.5, 0.6) is 5.75 Å². The number of rotatable bonds is 11. The number of alkyl halides is 4. The van der Waals surface area contributed by atoms with Crippen LogP contribution in [-0.4, -0.2) is 49.6 Å². The molecule has 204 valence electrons. The molecule has 0 aliphatic carbocycles. The minimum Gasteiger partial charge on any atom is -0.497 e. The van der Waals surface area contributed by atoms with E-state index in [0.29, 0.717) is 28.3 Å². The van der Waals surface area contributed by atoms with Gasteiger partial charge in [-0.3, -0.25) is 18.8 Å². The highest BCUT2D eigenvalue weighted by atomic mass is 19.4. The molecule has 2 aromatic carbocycles. The number of carbonyl (C=O) groups is 3. The van der Waals surface area contributed by atoms with Crippen molar-refractivity contribution in [2.75, 3.05) is 19.1 Å². The normalized spacial score (nSPS) is 16.8. The molecule has 1 aliphatic heterocycles. The SMILES string of the molecule is COc1ccc2c(c1)NC(=O)[C@@H](NC(=O)[C@@H](CCCF)[C@@H](CCC(F)(F)F)C(N)=O)N=C2c1ccccc1. The Morgan fingerprint density at radius 2 is 1.84 bits per heavy atom. The summed E-state index contributed by atoms with van der Waals surface area (Å²) in [6.45, 7) is -0.855. The van der Waals surface area contributed by atoms with Gasteiger partial charge in [-0.2, -0.15) is 13.2 Å². The Morgan fingerprint density at radius 1 is 1.13 bits per heavy atom. The second kappa shape index (κ2) is 12.5. The summed E-state index contributed by atoms with van der Waals surface area (Å²) in [5, 5.41) is 5.11. The zero-order valence-electron chi connectivity index (χ0n) is 20.6. The Labute approximate surface area is 216 Å². The van der Waals surface area contributed by atoms with Crippen molar-refractivity contribution in [2.45, 2.75) is 38.0 Å². The second-order valence-corrected chi connectivity index (χ2v) is 8.76. The van der Waals surface area contributed by atoms with Crippen LogP contribution in [-0.2, 0) is 14.4 Å². The van der Waals surface area contributed by atoms with Crippen molar-refractivity contribution in [2.24, 2.45) is 22.6 Å². The largest absolute Gasteiger partial charge is 0.497 e. The third-order valence-corrected chi connectivity index (χ3v) is 6.15. The van der Waals surface area contributed by atoms with Gasteiger partial charge in [0.25, 0.3) is 5.91 Å². The van der Waals surface area contributed by atoms with E-state index in [1.807, 2.05) is 0 Å². The van der Waals surface area contributed by atoms with Gasteiger partial charge in [-0.05, 0) is 31.4 Å². The molecule has 4 N–H and O–H groups in total. The summed E-state index contributed by atoms with van der Waals surface area (Å²) < 4.78 is 56.8. The summed E-state index contributed by atoms with van der Waals surface area (Å²) >= 11 is 0. The number of ether oxygens (including phenoxy) is 1. The van der Waals surface area contributed by atoms with Gasteiger partial charge in [0.1, 0.15) is 5.75 Å². The van der Waals surface area contributed by atoms with Gasteiger partial charge in [0, 0.05) is 35.4 Å². The highest BCUT2D eigenvalue weighted by molar-refractivity contribution is 6.20. The van der Waals surface area contributed by atoms with E-state index >= 15 is 0 Å². The molecule has 12 heteroatoms. The average molecular weight is 537 g/mol. The van der Waals surface area contributed by atoms with Crippen molar-refractivity contribution in [1.82, 2.24) is 5.32 Å². The van der Waals surface area contributed by atoms with Crippen molar-refractivity contribution >= 4 is 29.1 Å². The third-order valence-electron chi connectivity index (χ3n) is 6.15. The van der Waals surface area contributed by atoms with Crippen molar-refractivity contribution < 1.29 is 36.7 Å². The summed E-state index contributed by atoms with van der Waals surface area (Å²) in [6, 6.07) is 13.8. The molecule has 1 heterocycles. The number of nitrogens with zero attached hydrogens (tertiary/aromatic N) is 1. The molecule has 0 saturated heterocycles.